The molecular formula is C10H7F7O3S. The van der Waals surface area contributed by atoms with Crippen LogP contribution in [0.3, 0.4) is 0 Å². The van der Waals surface area contributed by atoms with Gasteiger partial charge in [-0.3, -0.25) is 0 Å². The van der Waals surface area contributed by atoms with E-state index in [0.29, 0.717) is 0 Å². The van der Waals surface area contributed by atoms with Gasteiger partial charge in [0.15, 0.2) is 32.1 Å². The standard InChI is InChI=1S/C10H7F7O3S/c1-3(2)21(18,19)9-7(14)5(12)4(11)6(13)8(9)20-10(15,16)17/h3H,1-2H3. The van der Waals surface area contributed by atoms with Crippen molar-refractivity contribution in [1.82, 2.24) is 0 Å². The Labute approximate surface area is 114 Å². The predicted molar refractivity (Wildman–Crippen MR) is 55.3 cm³/mol. The van der Waals surface area contributed by atoms with Crippen LogP contribution in [-0.4, -0.2) is 20.0 Å². The maximum absolute atomic E-state index is 13.5. The molecule has 120 valence electrons. The van der Waals surface area contributed by atoms with Gasteiger partial charge in [0.1, 0.15) is 0 Å². The lowest BCUT2D eigenvalue weighted by Gasteiger charge is -2.17. The zero-order chi connectivity index (χ0) is 16.7. The first-order valence-electron chi connectivity index (χ1n) is 5.16. The summed E-state index contributed by atoms with van der Waals surface area (Å²) in [6, 6.07) is 0. The van der Waals surface area contributed by atoms with Gasteiger partial charge in [-0.05, 0) is 13.8 Å². The van der Waals surface area contributed by atoms with Crippen LogP contribution in [-0.2, 0) is 9.84 Å². The van der Waals surface area contributed by atoms with Crippen molar-refractivity contribution in [1.29, 1.82) is 0 Å². The number of hydrogen-bond acceptors (Lipinski definition) is 3. The molecule has 0 aliphatic carbocycles. The molecule has 0 amide bonds. The molecule has 11 heteroatoms. The van der Waals surface area contributed by atoms with Crippen molar-refractivity contribution in [3.8, 4) is 5.75 Å². The van der Waals surface area contributed by atoms with Gasteiger partial charge in [0.2, 0.25) is 11.6 Å². The first-order valence-corrected chi connectivity index (χ1v) is 6.71. The average molecular weight is 340 g/mol. The van der Waals surface area contributed by atoms with Crippen LogP contribution in [0.1, 0.15) is 13.8 Å². The van der Waals surface area contributed by atoms with E-state index in [4.69, 9.17) is 0 Å². The molecule has 0 spiro atoms. The summed E-state index contributed by atoms with van der Waals surface area (Å²) in [7, 11) is -4.92. The molecule has 1 aromatic carbocycles. The second-order valence-corrected chi connectivity index (χ2v) is 6.50. The van der Waals surface area contributed by atoms with Crippen molar-refractivity contribution in [2.45, 2.75) is 30.4 Å². The van der Waals surface area contributed by atoms with Crippen LogP contribution in [0.2, 0.25) is 0 Å². The van der Waals surface area contributed by atoms with Crippen LogP contribution in [0.15, 0.2) is 4.90 Å². The average Bonchev–Trinajstić information content (AvgIpc) is 2.31. The van der Waals surface area contributed by atoms with Crippen LogP contribution in [0.25, 0.3) is 0 Å². The largest absolute Gasteiger partial charge is 0.573 e. The molecule has 0 atom stereocenters. The molecular weight excluding hydrogens is 333 g/mol. The van der Waals surface area contributed by atoms with Gasteiger partial charge >= 0.3 is 6.36 Å². The molecule has 0 unspecified atom stereocenters. The fourth-order valence-electron chi connectivity index (χ4n) is 1.29. The van der Waals surface area contributed by atoms with Gasteiger partial charge in [-0.1, -0.05) is 0 Å². The van der Waals surface area contributed by atoms with Gasteiger partial charge < -0.3 is 4.74 Å². The highest BCUT2D eigenvalue weighted by Gasteiger charge is 2.41. The van der Waals surface area contributed by atoms with Gasteiger partial charge in [-0.25, -0.2) is 21.6 Å². The Morgan fingerprint density at radius 3 is 1.71 bits per heavy atom. The number of alkyl halides is 3. The van der Waals surface area contributed by atoms with Crippen molar-refractivity contribution in [2.75, 3.05) is 0 Å². The first-order chi connectivity index (χ1) is 9.30. The minimum atomic E-state index is -5.64. The minimum absolute atomic E-state index is 0.922. The second-order valence-electron chi connectivity index (χ2n) is 4.06. The second kappa shape index (κ2) is 5.35. The molecule has 0 aliphatic rings. The Morgan fingerprint density at radius 1 is 0.905 bits per heavy atom. The van der Waals surface area contributed by atoms with Gasteiger partial charge in [0, 0.05) is 0 Å². The lowest BCUT2D eigenvalue weighted by Crippen LogP contribution is -2.24. The quantitative estimate of drug-likeness (QED) is 0.367. The summed E-state index contributed by atoms with van der Waals surface area (Å²) < 4.78 is 116. The summed E-state index contributed by atoms with van der Waals surface area (Å²) in [6.45, 7) is 1.84. The van der Waals surface area contributed by atoms with E-state index in [1.54, 1.807) is 0 Å². The number of halogens is 7. The van der Waals surface area contributed by atoms with E-state index >= 15 is 0 Å². The molecule has 0 saturated heterocycles. The van der Waals surface area contributed by atoms with Crippen LogP contribution < -0.4 is 4.74 Å². The monoisotopic (exact) mass is 340 g/mol. The maximum Gasteiger partial charge on any atom is 0.573 e. The molecule has 0 aromatic heterocycles. The maximum atomic E-state index is 13.5. The van der Waals surface area contributed by atoms with Gasteiger partial charge in [-0.2, -0.15) is 4.39 Å². The van der Waals surface area contributed by atoms with E-state index in [1.807, 2.05) is 0 Å². The number of rotatable bonds is 3. The third-order valence-corrected chi connectivity index (χ3v) is 4.48. The Balaban J connectivity index is 3.85. The van der Waals surface area contributed by atoms with Gasteiger partial charge in [0.25, 0.3) is 0 Å². The molecule has 21 heavy (non-hydrogen) atoms. The first kappa shape index (κ1) is 17.5. The highest BCUT2D eigenvalue weighted by atomic mass is 32.2. The zero-order valence-electron chi connectivity index (χ0n) is 10.4. The lowest BCUT2D eigenvalue weighted by atomic mass is 10.3. The van der Waals surface area contributed by atoms with Crippen LogP contribution >= 0.6 is 0 Å². The molecule has 3 nitrogen and oxygen atoms in total. The highest BCUT2D eigenvalue weighted by Crippen LogP contribution is 2.38. The Morgan fingerprint density at radius 2 is 1.33 bits per heavy atom. The molecule has 0 fully saturated rings. The van der Waals surface area contributed by atoms with Crippen LogP contribution in [0.5, 0.6) is 5.75 Å². The SMILES string of the molecule is CC(C)S(=O)(=O)c1c(F)c(F)c(F)c(F)c1OC(F)(F)F. The molecule has 0 bridgehead atoms. The lowest BCUT2D eigenvalue weighted by molar-refractivity contribution is -0.276. The highest BCUT2D eigenvalue weighted by molar-refractivity contribution is 7.92. The Bertz CT molecular complexity index is 664. The number of ether oxygens (including phenoxy) is 1. The van der Waals surface area contributed by atoms with E-state index in [0.717, 1.165) is 13.8 Å². The fourth-order valence-corrected chi connectivity index (χ4v) is 2.49. The summed E-state index contributed by atoms with van der Waals surface area (Å²) in [5, 5.41) is -1.54. The van der Waals surface area contributed by atoms with Gasteiger partial charge in [0.05, 0.1) is 5.25 Å². The third kappa shape index (κ3) is 3.22. The molecule has 0 aliphatic heterocycles. The van der Waals surface area contributed by atoms with Crippen LogP contribution in [0, 0.1) is 23.3 Å². The normalized spacial score (nSPS) is 12.9. The molecule has 0 heterocycles. The summed E-state index contributed by atoms with van der Waals surface area (Å²) in [4.78, 5) is -2.02. The number of hydrogen-bond donors (Lipinski definition) is 0. The van der Waals surface area contributed by atoms with E-state index in [-0.39, 0.29) is 0 Å². The fraction of sp³-hybridized carbons (Fsp3) is 0.400. The van der Waals surface area contributed by atoms with E-state index in [9.17, 15) is 39.2 Å². The molecule has 0 radical (unpaired) electrons. The topological polar surface area (TPSA) is 43.4 Å². The summed E-state index contributed by atoms with van der Waals surface area (Å²) in [5.41, 5.74) is 0. The summed E-state index contributed by atoms with van der Waals surface area (Å²) in [5.74, 6) is -12.5. The van der Waals surface area contributed by atoms with Crippen molar-refractivity contribution >= 4 is 9.84 Å². The van der Waals surface area contributed by atoms with Crippen molar-refractivity contribution in [3.63, 3.8) is 0 Å². The third-order valence-electron chi connectivity index (χ3n) is 2.31. The summed E-state index contributed by atoms with van der Waals surface area (Å²) >= 11 is 0. The molecule has 1 rings (SSSR count). The summed E-state index contributed by atoms with van der Waals surface area (Å²) in [6.07, 6.45) is -5.64. The molecule has 0 saturated carbocycles. The zero-order valence-corrected chi connectivity index (χ0v) is 11.2. The van der Waals surface area contributed by atoms with Gasteiger partial charge in [-0.15, -0.1) is 13.2 Å². The molecule has 0 N–H and O–H groups in total. The Kier molecular flexibility index (Phi) is 4.47. The van der Waals surface area contributed by atoms with Crippen molar-refractivity contribution < 1.29 is 43.9 Å². The Hall–Kier alpha value is -1.52. The van der Waals surface area contributed by atoms with E-state index in [2.05, 4.69) is 4.74 Å². The molecule has 1 aromatic rings. The van der Waals surface area contributed by atoms with E-state index in [1.165, 1.54) is 0 Å². The predicted octanol–water partition coefficient (Wildman–Crippen LogP) is 3.32. The van der Waals surface area contributed by atoms with Crippen LogP contribution in [0.4, 0.5) is 30.7 Å². The van der Waals surface area contributed by atoms with Crippen molar-refractivity contribution in [3.05, 3.63) is 23.3 Å². The number of benzene rings is 1. The minimum Gasteiger partial charge on any atom is -0.401 e. The smallest absolute Gasteiger partial charge is 0.401 e. The van der Waals surface area contributed by atoms with E-state index < -0.39 is 55.4 Å². The van der Waals surface area contributed by atoms with Crippen molar-refractivity contribution in [2.24, 2.45) is 0 Å². The number of sulfone groups is 1.